The van der Waals surface area contributed by atoms with E-state index < -0.39 is 67.2 Å². The topological polar surface area (TPSA) is 200 Å². The first-order chi connectivity index (χ1) is 18.9. The molecule has 4 unspecified atom stereocenters. The van der Waals surface area contributed by atoms with Crippen molar-refractivity contribution >= 4 is 41.6 Å². The minimum absolute atomic E-state index is 0.0122. The van der Waals surface area contributed by atoms with Crippen molar-refractivity contribution in [3.05, 3.63) is 34.7 Å². The van der Waals surface area contributed by atoms with Crippen LogP contribution in [-0.4, -0.2) is 85.7 Å². The predicted molar refractivity (Wildman–Crippen MR) is 142 cm³/mol. The number of carbonyl (C=O) groups excluding carboxylic acids is 3. The summed E-state index contributed by atoms with van der Waals surface area (Å²) in [5.41, 5.74) is 9.12. The molecule has 2 aliphatic rings. The summed E-state index contributed by atoms with van der Waals surface area (Å²) < 4.78 is 44.9. The highest BCUT2D eigenvalue weighted by atomic mass is 79.9. The molecule has 0 bridgehead atoms. The van der Waals surface area contributed by atoms with E-state index in [4.69, 9.17) is 28.8 Å². The second-order valence-electron chi connectivity index (χ2n) is 8.90. The highest BCUT2D eigenvalue weighted by molar-refractivity contribution is 9.10. The molecule has 0 spiro atoms. The van der Waals surface area contributed by atoms with E-state index in [-0.39, 0.29) is 12.2 Å². The molecule has 0 radical (unpaired) electrons. The van der Waals surface area contributed by atoms with Crippen molar-refractivity contribution in [2.75, 3.05) is 27.9 Å². The van der Waals surface area contributed by atoms with Crippen LogP contribution in [0.2, 0.25) is 0 Å². The van der Waals surface area contributed by atoms with Crippen molar-refractivity contribution in [1.82, 2.24) is 15.3 Å². The fourth-order valence-corrected chi connectivity index (χ4v) is 6.12. The normalized spacial score (nSPS) is 28.6. The quantitative estimate of drug-likeness (QED) is 0.0843. The smallest absolute Gasteiger partial charge is 0.459 e. The van der Waals surface area contributed by atoms with Crippen molar-refractivity contribution in [2.24, 2.45) is 5.11 Å². The molecule has 16 nitrogen and oxygen atoms in total. The molecular weight excluding hydrogens is 619 g/mol. The molecule has 7 atom stereocenters. The molecule has 2 heterocycles. The van der Waals surface area contributed by atoms with Gasteiger partial charge in [0, 0.05) is 18.4 Å². The number of alkyl halides is 1. The highest BCUT2D eigenvalue weighted by Gasteiger charge is 2.54. The number of hydrogen-bond donors (Lipinski definition) is 2. The zero-order valence-electron chi connectivity index (χ0n) is 22.3. The van der Waals surface area contributed by atoms with Crippen molar-refractivity contribution in [2.45, 2.75) is 55.2 Å². The molecule has 0 saturated carbocycles. The third kappa shape index (κ3) is 7.04. The van der Waals surface area contributed by atoms with Gasteiger partial charge < -0.3 is 23.5 Å². The van der Waals surface area contributed by atoms with Crippen molar-refractivity contribution < 1.29 is 46.9 Å². The number of imide groups is 1. The van der Waals surface area contributed by atoms with Crippen LogP contribution >= 0.6 is 23.7 Å². The Balaban J connectivity index is 1.82. The number of methoxy groups -OCH3 is 3. The summed E-state index contributed by atoms with van der Waals surface area (Å²) in [6, 6.07) is 3.39. The average Bonchev–Trinajstić information content (AvgIpc) is 3.31. The van der Waals surface area contributed by atoms with Crippen LogP contribution in [0.4, 0.5) is 4.79 Å². The lowest BCUT2D eigenvalue weighted by molar-refractivity contribution is -0.152. The fourth-order valence-electron chi connectivity index (χ4n) is 4.11. The SMILES string of the molecule is COC(=O)[C@H](C)NP(=O)(OC[C@H]1O[C@@H](N2C(=O)NC(=O)C(C)(Br)C2OC)CC1N=[N+]=[N-])Oc1ccc(OC)cc1. The maximum Gasteiger partial charge on any atom is 0.459 e. The van der Waals surface area contributed by atoms with Gasteiger partial charge in [0.25, 0.3) is 0 Å². The summed E-state index contributed by atoms with van der Waals surface area (Å²) in [6.45, 7) is 2.49. The van der Waals surface area contributed by atoms with E-state index >= 15 is 0 Å². The van der Waals surface area contributed by atoms with Gasteiger partial charge in [-0.3, -0.25) is 24.3 Å². The van der Waals surface area contributed by atoms with E-state index in [1.165, 1.54) is 52.2 Å². The minimum atomic E-state index is -4.27. The summed E-state index contributed by atoms with van der Waals surface area (Å²) in [5.74, 6) is -0.661. The van der Waals surface area contributed by atoms with Crippen LogP contribution < -0.4 is 19.7 Å². The molecule has 1 aromatic carbocycles. The molecule has 40 heavy (non-hydrogen) atoms. The summed E-state index contributed by atoms with van der Waals surface area (Å²) in [4.78, 5) is 41.1. The number of carbonyl (C=O) groups is 3. The van der Waals surface area contributed by atoms with Crippen molar-refractivity contribution in [3.63, 3.8) is 0 Å². The predicted octanol–water partition coefficient (Wildman–Crippen LogP) is 2.82. The van der Waals surface area contributed by atoms with E-state index in [9.17, 15) is 18.9 Å². The molecular formula is C22H30BrN6O10P. The number of benzene rings is 1. The van der Waals surface area contributed by atoms with Gasteiger partial charge in [0.1, 0.15) is 28.1 Å². The van der Waals surface area contributed by atoms with Crippen LogP contribution in [0.3, 0.4) is 0 Å². The van der Waals surface area contributed by atoms with Crippen LogP contribution in [0.1, 0.15) is 20.3 Å². The number of nitrogens with zero attached hydrogens (tertiary/aromatic N) is 4. The molecule has 220 valence electrons. The monoisotopic (exact) mass is 648 g/mol. The van der Waals surface area contributed by atoms with E-state index in [2.05, 4.69) is 41.1 Å². The number of esters is 1. The molecule has 1 aromatic rings. The van der Waals surface area contributed by atoms with Gasteiger partial charge in [0.2, 0.25) is 5.91 Å². The zero-order chi connectivity index (χ0) is 29.7. The Morgan fingerprint density at radius 2 is 1.98 bits per heavy atom. The van der Waals surface area contributed by atoms with Gasteiger partial charge in [-0.25, -0.2) is 9.36 Å². The van der Waals surface area contributed by atoms with Gasteiger partial charge in [-0.1, -0.05) is 21.0 Å². The summed E-state index contributed by atoms with van der Waals surface area (Å²) in [6.07, 6.45) is -3.08. The number of hydrogen-bond acceptors (Lipinski definition) is 11. The number of azide groups is 1. The molecule has 2 aliphatic heterocycles. The number of halogens is 1. The summed E-state index contributed by atoms with van der Waals surface area (Å²) in [5, 5.41) is 8.49. The lowest BCUT2D eigenvalue weighted by atomic mass is 10.0. The van der Waals surface area contributed by atoms with Gasteiger partial charge in [-0.2, -0.15) is 5.09 Å². The molecule has 2 fully saturated rings. The first-order valence-corrected chi connectivity index (χ1v) is 14.2. The van der Waals surface area contributed by atoms with Gasteiger partial charge in [0.05, 0.1) is 33.0 Å². The Kier molecular flexibility index (Phi) is 10.4. The summed E-state index contributed by atoms with van der Waals surface area (Å²) >= 11 is 3.30. The Bertz CT molecular complexity index is 1200. The highest BCUT2D eigenvalue weighted by Crippen LogP contribution is 2.46. The van der Waals surface area contributed by atoms with Crippen molar-refractivity contribution in [3.8, 4) is 11.5 Å². The van der Waals surface area contributed by atoms with Crippen LogP contribution in [0, 0.1) is 0 Å². The molecule has 0 aromatic heterocycles. The third-order valence-corrected chi connectivity index (χ3v) is 8.55. The molecule has 0 aliphatic carbocycles. The number of nitrogens with one attached hydrogen (secondary N) is 2. The van der Waals surface area contributed by atoms with E-state index in [0.29, 0.717) is 5.75 Å². The number of rotatable bonds is 12. The van der Waals surface area contributed by atoms with Crippen LogP contribution in [0.15, 0.2) is 29.4 Å². The molecule has 18 heteroatoms. The standard InChI is InChI=1S/C22H30BrN6O10P/c1-12(18(30)35-4)27-40(33,39-14-8-6-13(34-3)7-9-14)37-11-16-15(26-28-24)10-17(38-16)29-20(36-5)22(2,23)19(31)25-21(29)32/h6-9,12,15-17,20H,10-11H2,1-5H3,(H,27,33)(H,25,31,32)/t12-,15?,16+,17+,20?,22?,40?/m0/s1. The lowest BCUT2D eigenvalue weighted by Crippen LogP contribution is -2.69. The van der Waals surface area contributed by atoms with Crippen molar-refractivity contribution in [1.29, 1.82) is 0 Å². The number of urea groups is 1. The Morgan fingerprint density at radius 1 is 1.32 bits per heavy atom. The van der Waals surface area contributed by atoms with Gasteiger partial charge in [-0.05, 0) is 43.6 Å². The number of ether oxygens (including phenoxy) is 4. The molecule has 2 saturated heterocycles. The first kappa shape index (κ1) is 31.6. The van der Waals surface area contributed by atoms with Crippen LogP contribution in [0.5, 0.6) is 11.5 Å². The van der Waals surface area contributed by atoms with E-state index in [1.807, 2.05) is 0 Å². The second-order valence-corrected chi connectivity index (χ2v) is 12.2. The maximum absolute atomic E-state index is 13.8. The van der Waals surface area contributed by atoms with Crippen LogP contribution in [-0.2, 0) is 32.9 Å². The van der Waals surface area contributed by atoms with Gasteiger partial charge >= 0.3 is 19.7 Å². The van der Waals surface area contributed by atoms with Gasteiger partial charge in [-0.15, -0.1) is 0 Å². The molecule has 2 N–H and O–H groups in total. The zero-order valence-corrected chi connectivity index (χ0v) is 24.8. The lowest BCUT2D eigenvalue weighted by Gasteiger charge is -2.44. The largest absolute Gasteiger partial charge is 0.497 e. The molecule has 3 rings (SSSR count). The minimum Gasteiger partial charge on any atom is -0.497 e. The second kappa shape index (κ2) is 13.2. The summed E-state index contributed by atoms with van der Waals surface area (Å²) in [7, 11) is -0.296. The maximum atomic E-state index is 13.8. The molecule has 3 amide bonds. The fraction of sp³-hybridized carbons (Fsp3) is 0.591. The Morgan fingerprint density at radius 3 is 2.55 bits per heavy atom. The Labute approximate surface area is 238 Å². The van der Waals surface area contributed by atoms with Gasteiger partial charge in [0.15, 0.2) is 6.23 Å². The van der Waals surface area contributed by atoms with E-state index in [0.717, 1.165) is 0 Å². The first-order valence-electron chi connectivity index (χ1n) is 11.9. The van der Waals surface area contributed by atoms with E-state index in [1.54, 1.807) is 12.1 Å². The number of amides is 3. The third-order valence-electron chi connectivity index (χ3n) is 6.15. The Hall–Kier alpha value is -2.91. The average molecular weight is 649 g/mol. The van der Waals surface area contributed by atoms with Crippen LogP contribution in [0.25, 0.3) is 10.4 Å².